The maximum Gasteiger partial charge on any atom is 0.104 e. The highest BCUT2D eigenvalue weighted by Gasteiger charge is 2.09. The van der Waals surface area contributed by atoms with E-state index in [-0.39, 0.29) is 0 Å². The van der Waals surface area contributed by atoms with Crippen LogP contribution in [0.1, 0.15) is 90.6 Å². The summed E-state index contributed by atoms with van der Waals surface area (Å²) in [6.45, 7) is 9.03. The van der Waals surface area contributed by atoms with Crippen molar-refractivity contribution in [1.29, 1.82) is 0 Å². The number of unbranched alkanes of at least 4 members (excludes halogenated alkanes) is 2. The fourth-order valence-electron chi connectivity index (χ4n) is 3.70. The molecule has 0 saturated heterocycles. The molecule has 2 atom stereocenters. The monoisotopic (exact) mass is 438 g/mol. The summed E-state index contributed by atoms with van der Waals surface area (Å²) < 4.78 is 10.7. The van der Waals surface area contributed by atoms with Crippen molar-refractivity contribution in [2.24, 2.45) is 11.8 Å². The highest BCUT2D eigenvalue weighted by atomic mass is 16.3. The molecule has 0 aliphatic heterocycles. The second kappa shape index (κ2) is 19.5. The van der Waals surface area contributed by atoms with Gasteiger partial charge in [-0.25, -0.2) is 0 Å². The zero-order valence-corrected chi connectivity index (χ0v) is 21.0. The largest absolute Gasteiger partial charge is 0.469 e. The molecule has 2 nitrogen and oxygen atoms in total. The smallest absolute Gasteiger partial charge is 0.104 e. The van der Waals surface area contributed by atoms with Gasteiger partial charge in [0.2, 0.25) is 0 Å². The Labute approximate surface area is 197 Å². The van der Waals surface area contributed by atoms with Gasteiger partial charge in [0.25, 0.3) is 0 Å². The molecule has 2 aromatic heterocycles. The molecule has 178 valence electrons. The first kappa shape index (κ1) is 27.8. The van der Waals surface area contributed by atoms with Gasteiger partial charge in [0.05, 0.1) is 12.5 Å². The molecule has 2 unspecified atom stereocenters. The van der Waals surface area contributed by atoms with Crippen molar-refractivity contribution in [3.05, 3.63) is 84.7 Å². The lowest BCUT2D eigenvalue weighted by Gasteiger charge is -2.11. The van der Waals surface area contributed by atoms with Gasteiger partial charge in [-0.15, -0.1) is 0 Å². The molecule has 0 spiro atoms. The highest BCUT2D eigenvalue weighted by Crippen LogP contribution is 2.19. The van der Waals surface area contributed by atoms with Gasteiger partial charge in [-0.2, -0.15) is 0 Å². The van der Waals surface area contributed by atoms with Crippen LogP contribution in [0.5, 0.6) is 0 Å². The van der Waals surface area contributed by atoms with E-state index < -0.39 is 0 Å². The zero-order chi connectivity index (χ0) is 23.3. The molecule has 32 heavy (non-hydrogen) atoms. The minimum absolute atomic E-state index is 0.811. The van der Waals surface area contributed by atoms with Gasteiger partial charge < -0.3 is 8.83 Å². The minimum atomic E-state index is 0.811. The molecule has 1 aromatic carbocycles. The number of furan rings is 2. The average Bonchev–Trinajstić information content (AvgIpc) is 3.56. The Morgan fingerprint density at radius 1 is 0.562 bits per heavy atom. The molecule has 2 heteroatoms. The van der Waals surface area contributed by atoms with E-state index in [1.54, 1.807) is 12.5 Å². The Morgan fingerprint density at radius 3 is 1.19 bits per heavy atom. The number of rotatable bonds is 12. The highest BCUT2D eigenvalue weighted by molar-refractivity contribution is 5.00. The molecule has 0 aliphatic carbocycles. The van der Waals surface area contributed by atoms with Crippen molar-refractivity contribution in [3.63, 3.8) is 0 Å². The summed E-state index contributed by atoms with van der Waals surface area (Å²) in [5.41, 5.74) is 0. The van der Waals surface area contributed by atoms with Crippen LogP contribution in [-0.2, 0) is 12.8 Å². The zero-order valence-electron chi connectivity index (χ0n) is 21.0. The van der Waals surface area contributed by atoms with Crippen molar-refractivity contribution in [1.82, 2.24) is 0 Å². The molecule has 3 aromatic rings. The Balaban J connectivity index is 0.000000256. The second-order valence-electron chi connectivity index (χ2n) is 8.55. The third kappa shape index (κ3) is 14.0. The fraction of sp³-hybridized carbons (Fsp3) is 0.533. The van der Waals surface area contributed by atoms with Gasteiger partial charge in [-0.1, -0.05) is 115 Å². The summed E-state index contributed by atoms with van der Waals surface area (Å²) in [5.74, 6) is 3.91. The molecule has 3 rings (SSSR count). The van der Waals surface area contributed by atoms with Crippen molar-refractivity contribution in [2.45, 2.75) is 91.9 Å². The molecular weight excluding hydrogens is 392 g/mol. The summed E-state index contributed by atoms with van der Waals surface area (Å²) in [6.07, 6.45) is 16.3. The van der Waals surface area contributed by atoms with E-state index in [0.717, 1.165) is 36.2 Å². The van der Waals surface area contributed by atoms with Crippen LogP contribution in [-0.4, -0.2) is 0 Å². The Bertz CT molecular complexity index is 626. The van der Waals surface area contributed by atoms with Crippen molar-refractivity contribution in [3.8, 4) is 0 Å². The molecule has 0 N–H and O–H groups in total. The van der Waals surface area contributed by atoms with E-state index in [2.05, 4.69) is 39.8 Å². The van der Waals surface area contributed by atoms with Crippen LogP contribution in [0, 0.1) is 11.8 Å². The van der Waals surface area contributed by atoms with Crippen LogP contribution in [0.25, 0.3) is 0 Å². The maximum atomic E-state index is 5.35. The number of hydrogen-bond acceptors (Lipinski definition) is 2. The Kier molecular flexibility index (Phi) is 16.9. The van der Waals surface area contributed by atoms with Crippen molar-refractivity contribution >= 4 is 0 Å². The first-order valence-electron chi connectivity index (χ1n) is 12.8. The molecule has 0 bridgehead atoms. The van der Waals surface area contributed by atoms with E-state index in [4.69, 9.17) is 8.83 Å². The molecule has 0 saturated carbocycles. The van der Waals surface area contributed by atoms with Crippen LogP contribution in [0.3, 0.4) is 0 Å². The van der Waals surface area contributed by atoms with E-state index in [0.29, 0.717) is 0 Å². The van der Waals surface area contributed by atoms with Gasteiger partial charge in [-0.3, -0.25) is 0 Å². The van der Waals surface area contributed by atoms with Gasteiger partial charge in [0, 0.05) is 12.8 Å². The quantitative estimate of drug-likeness (QED) is 0.281. The first-order chi connectivity index (χ1) is 15.7. The van der Waals surface area contributed by atoms with Crippen LogP contribution < -0.4 is 0 Å². The summed E-state index contributed by atoms with van der Waals surface area (Å²) in [7, 11) is 0. The average molecular weight is 439 g/mol. The molecule has 0 radical (unpaired) electrons. The summed E-state index contributed by atoms with van der Waals surface area (Å²) in [4.78, 5) is 0. The molecule has 0 amide bonds. The van der Waals surface area contributed by atoms with Gasteiger partial charge >= 0.3 is 0 Å². The van der Waals surface area contributed by atoms with Crippen molar-refractivity contribution < 1.29 is 8.83 Å². The third-order valence-corrected chi connectivity index (χ3v) is 5.89. The van der Waals surface area contributed by atoms with Gasteiger partial charge in [0.1, 0.15) is 11.5 Å². The summed E-state index contributed by atoms with van der Waals surface area (Å²) in [6, 6.07) is 20.1. The van der Waals surface area contributed by atoms with Crippen LogP contribution in [0.4, 0.5) is 0 Å². The molecule has 2 heterocycles. The van der Waals surface area contributed by atoms with E-state index in [9.17, 15) is 0 Å². The maximum absolute atomic E-state index is 5.35. The SMILES string of the molecule is CCCCC(CC)Cc1ccco1.CCCCC(CC)Cc1ccco1.c1ccccc1. The third-order valence-electron chi connectivity index (χ3n) is 5.89. The Hall–Kier alpha value is -2.22. The Morgan fingerprint density at radius 2 is 0.938 bits per heavy atom. The topological polar surface area (TPSA) is 26.3 Å². The lowest BCUT2D eigenvalue weighted by molar-refractivity contribution is 0.399. The van der Waals surface area contributed by atoms with Crippen LogP contribution in [0.15, 0.2) is 82.0 Å². The number of hydrogen-bond donors (Lipinski definition) is 0. The van der Waals surface area contributed by atoms with Gasteiger partial charge in [-0.05, 0) is 36.1 Å². The normalized spacial score (nSPS) is 12.1. The summed E-state index contributed by atoms with van der Waals surface area (Å²) >= 11 is 0. The predicted molar refractivity (Wildman–Crippen MR) is 138 cm³/mol. The summed E-state index contributed by atoms with van der Waals surface area (Å²) in [5, 5.41) is 0. The first-order valence-corrected chi connectivity index (χ1v) is 12.8. The standard InChI is InChI=1S/2C12H20O.C6H6/c2*1-3-5-7-11(4-2)10-12-8-6-9-13-12;1-2-4-6-5-3-1/h2*6,8-9,11H,3-5,7,10H2,1-2H3;1-6H. The van der Waals surface area contributed by atoms with Crippen LogP contribution >= 0.6 is 0 Å². The van der Waals surface area contributed by atoms with Crippen molar-refractivity contribution in [2.75, 3.05) is 0 Å². The molecule has 0 aliphatic rings. The predicted octanol–water partition coefficient (Wildman–Crippen LogP) is 9.76. The minimum Gasteiger partial charge on any atom is -0.469 e. The van der Waals surface area contributed by atoms with Crippen LogP contribution in [0.2, 0.25) is 0 Å². The molecule has 0 fully saturated rings. The molecular formula is C30H46O2. The fourth-order valence-corrected chi connectivity index (χ4v) is 3.70. The second-order valence-corrected chi connectivity index (χ2v) is 8.55. The van der Waals surface area contributed by atoms with Gasteiger partial charge in [0.15, 0.2) is 0 Å². The van der Waals surface area contributed by atoms with E-state index in [1.165, 1.54) is 51.4 Å². The van der Waals surface area contributed by atoms with E-state index in [1.807, 2.05) is 48.5 Å². The number of benzene rings is 1. The lowest BCUT2D eigenvalue weighted by atomic mass is 9.95. The lowest BCUT2D eigenvalue weighted by Crippen LogP contribution is -2.02. The van der Waals surface area contributed by atoms with E-state index >= 15 is 0 Å².